The number of aromatic nitrogens is 3. The number of benzene rings is 3. The average Bonchev–Trinajstić information content (AvgIpc) is 3.34. The number of nitrogens with zero attached hydrogens (tertiary/aromatic N) is 2. The standard InChI is InChI=1S/C24H20FN5O3S/c1-33-18-12-6-15(7-13-18)22-28-24(30-29-22)34-14-21(31)27-20-5-3-2-4-19(20)23(32)26-17-10-8-16(25)9-11-17/h2-13H,14H2,1H3,(H,26,32)(H,27,31)(H,28,29,30). The lowest BCUT2D eigenvalue weighted by molar-refractivity contribution is -0.113. The predicted molar refractivity (Wildman–Crippen MR) is 129 cm³/mol. The molecule has 0 saturated carbocycles. The van der Waals surface area contributed by atoms with E-state index in [0.717, 1.165) is 23.1 Å². The molecule has 0 unspecified atom stereocenters. The zero-order valence-electron chi connectivity index (χ0n) is 18.0. The lowest BCUT2D eigenvalue weighted by atomic mass is 10.1. The first-order valence-corrected chi connectivity index (χ1v) is 11.2. The summed E-state index contributed by atoms with van der Waals surface area (Å²) in [6.45, 7) is 0. The lowest BCUT2D eigenvalue weighted by Gasteiger charge is -2.11. The predicted octanol–water partition coefficient (Wildman–Crippen LogP) is 4.60. The van der Waals surface area contributed by atoms with Crippen LogP contribution in [-0.4, -0.2) is 39.9 Å². The van der Waals surface area contributed by atoms with Crippen LogP contribution in [0.1, 0.15) is 10.4 Å². The molecule has 0 aliphatic rings. The van der Waals surface area contributed by atoms with E-state index in [2.05, 4.69) is 25.8 Å². The fraction of sp³-hybridized carbons (Fsp3) is 0.0833. The molecule has 8 nitrogen and oxygen atoms in total. The van der Waals surface area contributed by atoms with Crippen LogP contribution >= 0.6 is 11.8 Å². The summed E-state index contributed by atoms with van der Waals surface area (Å²) in [6.07, 6.45) is 0. The Hall–Kier alpha value is -4.18. The van der Waals surface area contributed by atoms with Gasteiger partial charge in [-0.25, -0.2) is 9.37 Å². The van der Waals surface area contributed by atoms with Gasteiger partial charge in [0.05, 0.1) is 24.1 Å². The molecule has 172 valence electrons. The van der Waals surface area contributed by atoms with Crippen molar-refractivity contribution in [3.63, 3.8) is 0 Å². The van der Waals surface area contributed by atoms with Crippen molar-refractivity contribution in [1.29, 1.82) is 0 Å². The molecule has 0 aliphatic heterocycles. The molecule has 4 rings (SSSR count). The van der Waals surface area contributed by atoms with Crippen LogP contribution < -0.4 is 15.4 Å². The summed E-state index contributed by atoms with van der Waals surface area (Å²) in [4.78, 5) is 29.6. The monoisotopic (exact) mass is 477 g/mol. The summed E-state index contributed by atoms with van der Waals surface area (Å²) in [5.41, 5.74) is 1.93. The molecule has 0 spiro atoms. The maximum atomic E-state index is 13.1. The highest BCUT2D eigenvalue weighted by atomic mass is 32.2. The van der Waals surface area contributed by atoms with Gasteiger partial charge in [-0.05, 0) is 60.7 Å². The number of thioether (sulfide) groups is 1. The highest BCUT2D eigenvalue weighted by Gasteiger charge is 2.15. The van der Waals surface area contributed by atoms with Gasteiger partial charge in [-0.15, -0.1) is 5.10 Å². The fourth-order valence-corrected chi connectivity index (χ4v) is 3.63. The quantitative estimate of drug-likeness (QED) is 0.320. The van der Waals surface area contributed by atoms with Crippen LogP contribution in [-0.2, 0) is 4.79 Å². The molecule has 0 bridgehead atoms. The summed E-state index contributed by atoms with van der Waals surface area (Å²) in [6, 6.07) is 19.4. The number of para-hydroxylation sites is 1. The molecule has 0 atom stereocenters. The van der Waals surface area contributed by atoms with E-state index in [1.54, 1.807) is 31.4 Å². The van der Waals surface area contributed by atoms with Gasteiger partial charge in [-0.3, -0.25) is 14.7 Å². The Morgan fingerprint density at radius 1 is 1.00 bits per heavy atom. The number of halogens is 1. The number of H-pyrrole nitrogens is 1. The highest BCUT2D eigenvalue weighted by Crippen LogP contribution is 2.23. The zero-order valence-corrected chi connectivity index (χ0v) is 18.9. The Labute approximate surface area is 199 Å². The highest BCUT2D eigenvalue weighted by molar-refractivity contribution is 7.99. The molecular weight excluding hydrogens is 457 g/mol. The van der Waals surface area contributed by atoms with Crippen LogP contribution in [0.2, 0.25) is 0 Å². The number of carbonyl (C=O) groups excluding carboxylic acids is 2. The van der Waals surface area contributed by atoms with Gasteiger partial charge in [0.2, 0.25) is 11.1 Å². The molecule has 3 aromatic carbocycles. The Morgan fingerprint density at radius 2 is 1.74 bits per heavy atom. The Morgan fingerprint density at radius 3 is 2.47 bits per heavy atom. The Bertz CT molecular complexity index is 1290. The zero-order chi connectivity index (χ0) is 23.9. The topological polar surface area (TPSA) is 109 Å². The molecule has 1 aromatic heterocycles. The van der Waals surface area contributed by atoms with Crippen molar-refractivity contribution in [2.75, 3.05) is 23.5 Å². The third-order valence-electron chi connectivity index (χ3n) is 4.71. The molecule has 3 N–H and O–H groups in total. The fourth-order valence-electron chi connectivity index (χ4n) is 3.03. The molecule has 34 heavy (non-hydrogen) atoms. The molecule has 1 heterocycles. The average molecular weight is 478 g/mol. The minimum atomic E-state index is -0.423. The van der Waals surface area contributed by atoms with E-state index in [1.165, 1.54) is 24.3 Å². The summed E-state index contributed by atoms with van der Waals surface area (Å²) >= 11 is 1.16. The second-order valence-corrected chi connectivity index (χ2v) is 7.98. The van der Waals surface area contributed by atoms with Crippen LogP contribution in [0.4, 0.5) is 15.8 Å². The van der Waals surface area contributed by atoms with Crippen molar-refractivity contribution in [3.8, 4) is 17.1 Å². The van der Waals surface area contributed by atoms with Gasteiger partial charge in [0, 0.05) is 11.3 Å². The van der Waals surface area contributed by atoms with Gasteiger partial charge in [-0.1, -0.05) is 23.9 Å². The normalized spacial score (nSPS) is 10.5. The van der Waals surface area contributed by atoms with E-state index in [1.807, 2.05) is 24.3 Å². The maximum Gasteiger partial charge on any atom is 0.257 e. The number of hydrogen-bond donors (Lipinski definition) is 3. The number of carbonyl (C=O) groups is 2. The Kier molecular flexibility index (Phi) is 7.19. The number of rotatable bonds is 8. The molecule has 4 aromatic rings. The largest absolute Gasteiger partial charge is 0.497 e. The van der Waals surface area contributed by atoms with Gasteiger partial charge in [0.15, 0.2) is 5.82 Å². The molecule has 0 fully saturated rings. The number of aromatic amines is 1. The summed E-state index contributed by atoms with van der Waals surface area (Å²) in [5, 5.41) is 12.8. The van der Waals surface area contributed by atoms with E-state index in [4.69, 9.17) is 4.74 Å². The lowest BCUT2D eigenvalue weighted by Crippen LogP contribution is -2.19. The van der Waals surface area contributed by atoms with Gasteiger partial charge in [-0.2, -0.15) is 0 Å². The van der Waals surface area contributed by atoms with Crippen LogP contribution in [0, 0.1) is 5.82 Å². The molecule has 0 saturated heterocycles. The first-order valence-electron chi connectivity index (χ1n) is 10.2. The molecular formula is C24H20FN5O3S. The molecule has 2 amide bonds. The number of hydrogen-bond acceptors (Lipinski definition) is 6. The third kappa shape index (κ3) is 5.78. The first-order chi connectivity index (χ1) is 16.5. The minimum absolute atomic E-state index is 0.0494. The van der Waals surface area contributed by atoms with Crippen LogP contribution in [0.3, 0.4) is 0 Å². The van der Waals surface area contributed by atoms with Crippen LogP contribution in [0.25, 0.3) is 11.4 Å². The first kappa shape index (κ1) is 23.0. The van der Waals surface area contributed by atoms with E-state index in [9.17, 15) is 14.0 Å². The summed E-state index contributed by atoms with van der Waals surface area (Å²) in [7, 11) is 1.60. The number of methoxy groups -OCH3 is 1. The SMILES string of the molecule is COc1ccc(-c2nc(SCC(=O)Nc3ccccc3C(=O)Nc3ccc(F)cc3)n[nH]2)cc1. The third-order valence-corrected chi connectivity index (χ3v) is 5.56. The smallest absolute Gasteiger partial charge is 0.257 e. The number of ether oxygens (including phenoxy) is 1. The summed E-state index contributed by atoms with van der Waals surface area (Å²) < 4.78 is 18.2. The number of anilines is 2. The summed E-state index contributed by atoms with van der Waals surface area (Å²) in [5.74, 6) is 0.227. The van der Waals surface area contributed by atoms with Gasteiger partial charge < -0.3 is 15.4 Å². The second kappa shape index (κ2) is 10.6. The second-order valence-electron chi connectivity index (χ2n) is 7.04. The molecule has 0 radical (unpaired) electrons. The van der Waals surface area contributed by atoms with Crippen molar-refractivity contribution in [2.24, 2.45) is 0 Å². The van der Waals surface area contributed by atoms with Gasteiger partial charge in [0.25, 0.3) is 5.91 Å². The van der Waals surface area contributed by atoms with Crippen LogP contribution in [0.5, 0.6) is 5.75 Å². The van der Waals surface area contributed by atoms with Crippen molar-refractivity contribution in [2.45, 2.75) is 5.16 Å². The van der Waals surface area contributed by atoms with E-state index in [0.29, 0.717) is 22.4 Å². The van der Waals surface area contributed by atoms with Gasteiger partial charge >= 0.3 is 0 Å². The number of nitrogens with one attached hydrogen (secondary N) is 3. The minimum Gasteiger partial charge on any atom is -0.497 e. The van der Waals surface area contributed by atoms with Crippen molar-refractivity contribution in [3.05, 3.63) is 84.2 Å². The van der Waals surface area contributed by atoms with Crippen molar-refractivity contribution < 1.29 is 18.7 Å². The maximum absolute atomic E-state index is 13.1. The molecule has 10 heteroatoms. The Balaban J connectivity index is 1.36. The molecule has 0 aliphatic carbocycles. The van der Waals surface area contributed by atoms with E-state index in [-0.39, 0.29) is 17.2 Å². The van der Waals surface area contributed by atoms with Crippen LogP contribution in [0.15, 0.2) is 78.0 Å². The van der Waals surface area contributed by atoms with E-state index >= 15 is 0 Å². The van der Waals surface area contributed by atoms with Gasteiger partial charge in [0.1, 0.15) is 11.6 Å². The van der Waals surface area contributed by atoms with E-state index < -0.39 is 11.7 Å². The number of amides is 2. The van der Waals surface area contributed by atoms with Crippen molar-refractivity contribution in [1.82, 2.24) is 15.2 Å². The van der Waals surface area contributed by atoms with Crippen molar-refractivity contribution >= 4 is 35.0 Å².